The normalized spacial score (nSPS) is 21.9. The van der Waals surface area contributed by atoms with Crippen molar-refractivity contribution < 1.29 is 9.53 Å². The lowest BCUT2D eigenvalue weighted by atomic mass is 10.0. The Bertz CT molecular complexity index is 321. The van der Waals surface area contributed by atoms with E-state index in [2.05, 4.69) is 11.9 Å². The van der Waals surface area contributed by atoms with E-state index in [0.717, 1.165) is 19.5 Å². The van der Waals surface area contributed by atoms with Crippen molar-refractivity contribution in [2.75, 3.05) is 19.6 Å². The molecule has 18 heavy (non-hydrogen) atoms. The fraction of sp³-hybridized carbons (Fsp3) is 0.846. The number of hydrogen-bond acceptors (Lipinski definition) is 3. The molecule has 1 unspecified atom stereocenters. The Kier molecular flexibility index (Phi) is 4.99. The van der Waals surface area contributed by atoms with E-state index in [0.29, 0.717) is 11.9 Å². The number of nitrogens with zero attached hydrogens (tertiary/aromatic N) is 2. The van der Waals surface area contributed by atoms with Crippen LogP contribution in [0.2, 0.25) is 0 Å². The summed E-state index contributed by atoms with van der Waals surface area (Å²) in [5.41, 5.74) is 5.42. The fourth-order valence-electron chi connectivity index (χ4n) is 2.02. The van der Waals surface area contributed by atoms with Crippen LogP contribution >= 0.6 is 0 Å². The zero-order valence-electron chi connectivity index (χ0n) is 11.9. The SMILES string of the molecule is CC1CCCN(C(N)=NCC(=O)OC(C)(C)C)C1. The lowest BCUT2D eigenvalue weighted by Crippen LogP contribution is -2.43. The maximum atomic E-state index is 11.5. The largest absolute Gasteiger partial charge is 0.459 e. The summed E-state index contributed by atoms with van der Waals surface area (Å²) in [7, 11) is 0. The van der Waals surface area contributed by atoms with Crippen molar-refractivity contribution in [3.63, 3.8) is 0 Å². The quantitative estimate of drug-likeness (QED) is 0.460. The van der Waals surface area contributed by atoms with E-state index >= 15 is 0 Å². The summed E-state index contributed by atoms with van der Waals surface area (Å²) >= 11 is 0. The second kappa shape index (κ2) is 6.07. The molecule has 1 atom stereocenters. The second-order valence-corrected chi connectivity index (χ2v) is 5.95. The Hall–Kier alpha value is -1.26. The average Bonchev–Trinajstić information content (AvgIpc) is 2.23. The van der Waals surface area contributed by atoms with Crippen molar-refractivity contribution in [1.29, 1.82) is 0 Å². The number of guanidine groups is 1. The molecule has 5 nitrogen and oxygen atoms in total. The molecule has 0 aromatic rings. The lowest BCUT2D eigenvalue weighted by molar-refractivity contribution is -0.152. The van der Waals surface area contributed by atoms with Gasteiger partial charge in [-0.1, -0.05) is 6.92 Å². The third kappa shape index (κ3) is 5.38. The van der Waals surface area contributed by atoms with Gasteiger partial charge in [-0.05, 0) is 39.5 Å². The first-order valence-corrected chi connectivity index (χ1v) is 6.54. The van der Waals surface area contributed by atoms with Crippen molar-refractivity contribution >= 4 is 11.9 Å². The average molecular weight is 255 g/mol. The van der Waals surface area contributed by atoms with Crippen LogP contribution in [0.1, 0.15) is 40.5 Å². The number of aliphatic imine (C=N–C) groups is 1. The maximum absolute atomic E-state index is 11.5. The number of carbonyl (C=O) groups is 1. The van der Waals surface area contributed by atoms with Gasteiger partial charge in [-0.15, -0.1) is 0 Å². The summed E-state index contributed by atoms with van der Waals surface area (Å²) in [6.07, 6.45) is 2.36. The highest BCUT2D eigenvalue weighted by atomic mass is 16.6. The van der Waals surface area contributed by atoms with E-state index in [-0.39, 0.29) is 12.5 Å². The predicted octanol–water partition coefficient (Wildman–Crippen LogP) is 1.37. The van der Waals surface area contributed by atoms with Gasteiger partial charge < -0.3 is 15.4 Å². The minimum absolute atomic E-state index is 0.00597. The summed E-state index contributed by atoms with van der Waals surface area (Å²) in [5.74, 6) is 0.747. The van der Waals surface area contributed by atoms with Gasteiger partial charge in [-0.25, -0.2) is 4.99 Å². The molecule has 0 radical (unpaired) electrons. The molecule has 0 aromatic carbocycles. The molecule has 5 heteroatoms. The lowest BCUT2D eigenvalue weighted by Gasteiger charge is -2.31. The second-order valence-electron chi connectivity index (χ2n) is 5.95. The molecular weight excluding hydrogens is 230 g/mol. The Balaban J connectivity index is 2.43. The van der Waals surface area contributed by atoms with Crippen LogP contribution in [-0.2, 0) is 9.53 Å². The zero-order valence-corrected chi connectivity index (χ0v) is 11.9. The molecule has 2 N–H and O–H groups in total. The third-order valence-corrected chi connectivity index (χ3v) is 2.77. The molecule has 0 aliphatic carbocycles. The topological polar surface area (TPSA) is 67.9 Å². The summed E-state index contributed by atoms with van der Waals surface area (Å²) in [6.45, 7) is 9.55. The van der Waals surface area contributed by atoms with Gasteiger partial charge in [0.25, 0.3) is 0 Å². The molecule has 1 heterocycles. The van der Waals surface area contributed by atoms with Crippen LogP contribution in [0.25, 0.3) is 0 Å². The Labute approximate surface area is 109 Å². The molecule has 1 aliphatic heterocycles. The molecule has 0 bridgehead atoms. The number of likely N-dealkylation sites (tertiary alicyclic amines) is 1. The van der Waals surface area contributed by atoms with Crippen molar-refractivity contribution in [3.8, 4) is 0 Å². The van der Waals surface area contributed by atoms with Crippen molar-refractivity contribution in [3.05, 3.63) is 0 Å². The molecule has 0 spiro atoms. The summed E-state index contributed by atoms with van der Waals surface area (Å²) in [6, 6.07) is 0. The van der Waals surface area contributed by atoms with E-state index in [1.54, 1.807) is 0 Å². The van der Waals surface area contributed by atoms with Crippen LogP contribution in [0.15, 0.2) is 4.99 Å². The van der Waals surface area contributed by atoms with Crippen molar-refractivity contribution in [2.24, 2.45) is 16.6 Å². The number of carbonyl (C=O) groups excluding carboxylic acids is 1. The van der Waals surface area contributed by atoms with Crippen LogP contribution in [0.4, 0.5) is 0 Å². The summed E-state index contributed by atoms with van der Waals surface area (Å²) < 4.78 is 5.18. The molecule has 0 saturated carbocycles. The van der Waals surface area contributed by atoms with Crippen molar-refractivity contribution in [2.45, 2.75) is 46.1 Å². The first kappa shape index (κ1) is 14.8. The van der Waals surface area contributed by atoms with E-state index < -0.39 is 5.60 Å². The van der Waals surface area contributed by atoms with Gasteiger partial charge in [0.15, 0.2) is 5.96 Å². The molecule has 104 valence electrons. The minimum atomic E-state index is -0.471. The standard InChI is InChI=1S/C13H25N3O2/c1-10-6-5-7-16(9-10)12(14)15-8-11(17)18-13(2,3)4/h10H,5-9H2,1-4H3,(H2,14,15). The fourth-order valence-corrected chi connectivity index (χ4v) is 2.02. The predicted molar refractivity (Wildman–Crippen MR) is 72.3 cm³/mol. The van der Waals surface area contributed by atoms with Gasteiger partial charge in [0.05, 0.1) is 0 Å². The molecule has 1 fully saturated rings. The number of piperidine rings is 1. The van der Waals surface area contributed by atoms with Crippen LogP contribution in [-0.4, -0.2) is 42.1 Å². The van der Waals surface area contributed by atoms with E-state index in [9.17, 15) is 4.79 Å². The molecule has 1 rings (SSSR count). The van der Waals surface area contributed by atoms with E-state index in [1.807, 2.05) is 25.7 Å². The Morgan fingerprint density at radius 1 is 1.50 bits per heavy atom. The van der Waals surface area contributed by atoms with Crippen LogP contribution in [0.5, 0.6) is 0 Å². The molecule has 0 aromatic heterocycles. The number of hydrogen-bond donors (Lipinski definition) is 1. The van der Waals surface area contributed by atoms with Crippen LogP contribution < -0.4 is 5.73 Å². The molecule has 1 aliphatic rings. The Morgan fingerprint density at radius 2 is 2.17 bits per heavy atom. The maximum Gasteiger partial charge on any atom is 0.328 e. The number of rotatable bonds is 2. The minimum Gasteiger partial charge on any atom is -0.459 e. The number of ether oxygens (including phenoxy) is 1. The van der Waals surface area contributed by atoms with Crippen LogP contribution in [0.3, 0.4) is 0 Å². The van der Waals surface area contributed by atoms with Crippen LogP contribution in [0, 0.1) is 5.92 Å². The van der Waals surface area contributed by atoms with E-state index in [4.69, 9.17) is 10.5 Å². The highest BCUT2D eigenvalue weighted by Gasteiger charge is 2.19. The monoisotopic (exact) mass is 255 g/mol. The highest BCUT2D eigenvalue weighted by Crippen LogP contribution is 2.14. The Morgan fingerprint density at radius 3 is 2.72 bits per heavy atom. The summed E-state index contributed by atoms with van der Waals surface area (Å²) in [4.78, 5) is 17.7. The molecule has 0 amide bonds. The first-order chi connectivity index (χ1) is 8.28. The van der Waals surface area contributed by atoms with Gasteiger partial charge >= 0.3 is 5.97 Å². The van der Waals surface area contributed by atoms with E-state index in [1.165, 1.54) is 6.42 Å². The number of esters is 1. The van der Waals surface area contributed by atoms with Gasteiger partial charge in [-0.3, -0.25) is 4.79 Å². The van der Waals surface area contributed by atoms with Gasteiger partial charge in [0.1, 0.15) is 12.1 Å². The molecule has 1 saturated heterocycles. The molecular formula is C13H25N3O2. The number of nitrogens with two attached hydrogens (primary N) is 1. The highest BCUT2D eigenvalue weighted by molar-refractivity contribution is 5.81. The van der Waals surface area contributed by atoms with Gasteiger partial charge in [0.2, 0.25) is 0 Å². The van der Waals surface area contributed by atoms with Crippen molar-refractivity contribution in [1.82, 2.24) is 4.90 Å². The first-order valence-electron chi connectivity index (χ1n) is 6.54. The summed E-state index contributed by atoms with van der Waals surface area (Å²) in [5, 5.41) is 0. The smallest absolute Gasteiger partial charge is 0.328 e. The van der Waals surface area contributed by atoms with Gasteiger partial charge in [0, 0.05) is 13.1 Å². The van der Waals surface area contributed by atoms with Gasteiger partial charge in [-0.2, -0.15) is 0 Å². The zero-order chi connectivity index (χ0) is 13.8. The third-order valence-electron chi connectivity index (χ3n) is 2.77.